The highest BCUT2D eigenvalue weighted by atomic mass is 35.5. The summed E-state index contributed by atoms with van der Waals surface area (Å²) in [6.07, 6.45) is 1.75. The van der Waals surface area contributed by atoms with Gasteiger partial charge in [-0.2, -0.15) is 0 Å². The van der Waals surface area contributed by atoms with Crippen LogP contribution in [0.5, 0.6) is 0 Å². The molecule has 0 aliphatic carbocycles. The van der Waals surface area contributed by atoms with Crippen LogP contribution in [-0.4, -0.2) is 28.2 Å². The predicted molar refractivity (Wildman–Crippen MR) is 72.7 cm³/mol. The van der Waals surface area contributed by atoms with Crippen molar-refractivity contribution in [1.29, 1.82) is 0 Å². The Bertz CT molecular complexity index is 506. The number of rotatable bonds is 4. The van der Waals surface area contributed by atoms with E-state index in [1.165, 1.54) is 6.07 Å². The third-order valence-electron chi connectivity index (χ3n) is 3.20. The third kappa shape index (κ3) is 3.45. The molecule has 7 heteroatoms. The Hall–Kier alpha value is -0.140. The topological polar surface area (TPSA) is 55.4 Å². The van der Waals surface area contributed by atoms with E-state index >= 15 is 0 Å². The second-order valence-electron chi connectivity index (χ2n) is 4.81. The van der Waals surface area contributed by atoms with Crippen molar-refractivity contribution in [2.45, 2.75) is 24.0 Å². The van der Waals surface area contributed by atoms with Crippen molar-refractivity contribution in [2.75, 3.05) is 19.8 Å². The van der Waals surface area contributed by atoms with E-state index in [-0.39, 0.29) is 9.62 Å². The molecule has 1 saturated heterocycles. The summed E-state index contributed by atoms with van der Waals surface area (Å²) in [4.78, 5) is 0. The maximum Gasteiger partial charge on any atom is 0.250 e. The van der Waals surface area contributed by atoms with Crippen molar-refractivity contribution in [1.82, 2.24) is 4.72 Å². The molecule has 1 aromatic rings. The zero-order chi connectivity index (χ0) is 13.2. The summed E-state index contributed by atoms with van der Waals surface area (Å²) in [7, 11) is -3.43. The molecule has 102 valence electrons. The average molecular weight is 310 g/mol. The monoisotopic (exact) mass is 309 g/mol. The van der Waals surface area contributed by atoms with Crippen LogP contribution in [0.15, 0.2) is 16.3 Å². The van der Waals surface area contributed by atoms with Crippen LogP contribution in [0, 0.1) is 5.41 Å². The Morgan fingerprint density at radius 1 is 1.44 bits per heavy atom. The minimum atomic E-state index is -3.43. The Kier molecular flexibility index (Phi) is 4.33. The Balaban J connectivity index is 2.01. The second kappa shape index (κ2) is 5.46. The van der Waals surface area contributed by atoms with Crippen molar-refractivity contribution < 1.29 is 13.2 Å². The van der Waals surface area contributed by atoms with Crippen LogP contribution in [0.1, 0.15) is 19.8 Å². The molecule has 2 heterocycles. The predicted octanol–water partition coefficient (Wildman–Crippen LogP) is 2.50. The quantitative estimate of drug-likeness (QED) is 0.929. The van der Waals surface area contributed by atoms with Gasteiger partial charge < -0.3 is 4.74 Å². The maximum absolute atomic E-state index is 12.0. The van der Waals surface area contributed by atoms with Gasteiger partial charge in [0.2, 0.25) is 10.0 Å². The molecule has 4 nitrogen and oxygen atoms in total. The summed E-state index contributed by atoms with van der Waals surface area (Å²) in [5, 5.41) is 0. The summed E-state index contributed by atoms with van der Waals surface area (Å²) in [6, 6.07) is 3.12. The van der Waals surface area contributed by atoms with Crippen LogP contribution in [0.4, 0.5) is 0 Å². The van der Waals surface area contributed by atoms with Gasteiger partial charge in [-0.25, -0.2) is 13.1 Å². The molecule has 1 aromatic heterocycles. The zero-order valence-corrected chi connectivity index (χ0v) is 12.5. The normalized spacial score (nSPS) is 19.9. The summed E-state index contributed by atoms with van der Waals surface area (Å²) in [5.41, 5.74) is -0.0215. The van der Waals surface area contributed by atoms with E-state index in [1.807, 2.05) is 0 Å². The van der Waals surface area contributed by atoms with Crippen LogP contribution < -0.4 is 4.72 Å². The Labute approximate surface area is 116 Å². The van der Waals surface area contributed by atoms with Crippen LogP contribution in [0.3, 0.4) is 0 Å². The summed E-state index contributed by atoms with van der Waals surface area (Å²) >= 11 is 6.82. The van der Waals surface area contributed by atoms with Gasteiger partial charge in [-0.05, 0) is 30.4 Å². The molecule has 0 radical (unpaired) electrons. The summed E-state index contributed by atoms with van der Waals surface area (Å²) < 4.78 is 32.8. The number of sulfonamides is 1. The summed E-state index contributed by atoms with van der Waals surface area (Å²) in [5.74, 6) is 0. The molecule has 0 atom stereocenters. The molecule has 1 fully saturated rings. The van der Waals surface area contributed by atoms with Gasteiger partial charge in [0.05, 0.1) is 4.34 Å². The Morgan fingerprint density at radius 2 is 2.11 bits per heavy atom. The fourth-order valence-corrected chi connectivity index (χ4v) is 4.55. The van der Waals surface area contributed by atoms with Gasteiger partial charge in [0.25, 0.3) is 0 Å². The van der Waals surface area contributed by atoms with Gasteiger partial charge in [0.15, 0.2) is 0 Å². The fourth-order valence-electron chi connectivity index (χ4n) is 1.82. The first-order chi connectivity index (χ1) is 8.41. The maximum atomic E-state index is 12.0. The molecular formula is C11H16ClNO3S2. The molecular weight excluding hydrogens is 294 g/mol. The van der Waals surface area contributed by atoms with Gasteiger partial charge >= 0.3 is 0 Å². The number of nitrogens with one attached hydrogen (secondary N) is 1. The van der Waals surface area contributed by atoms with Crippen molar-refractivity contribution in [3.05, 3.63) is 16.5 Å². The molecule has 18 heavy (non-hydrogen) atoms. The van der Waals surface area contributed by atoms with Gasteiger partial charge in [-0.15, -0.1) is 11.3 Å². The minimum absolute atomic E-state index is 0.0215. The van der Waals surface area contributed by atoms with Gasteiger partial charge in [-0.3, -0.25) is 0 Å². The van der Waals surface area contributed by atoms with E-state index in [0.717, 1.165) is 24.2 Å². The standard InChI is InChI=1S/C11H16ClNO3S2/c1-11(4-6-16-7-5-11)8-13-18(14,15)10-3-2-9(12)17-10/h2-3,13H,4-8H2,1H3. The lowest BCUT2D eigenvalue weighted by Gasteiger charge is -2.33. The first-order valence-electron chi connectivity index (χ1n) is 5.74. The highest BCUT2D eigenvalue weighted by molar-refractivity contribution is 7.91. The number of halogens is 1. The van der Waals surface area contributed by atoms with Crippen molar-refractivity contribution in [3.8, 4) is 0 Å². The average Bonchev–Trinajstić information content (AvgIpc) is 2.76. The van der Waals surface area contributed by atoms with E-state index in [0.29, 0.717) is 24.1 Å². The smallest absolute Gasteiger partial charge is 0.250 e. The second-order valence-corrected chi connectivity index (χ2v) is 8.52. The number of hydrogen-bond acceptors (Lipinski definition) is 4. The molecule has 1 aliphatic heterocycles. The van der Waals surface area contributed by atoms with E-state index in [2.05, 4.69) is 11.6 Å². The molecule has 0 bridgehead atoms. The molecule has 0 amide bonds. The van der Waals surface area contributed by atoms with Crippen LogP contribution in [-0.2, 0) is 14.8 Å². The first kappa shape index (κ1) is 14.3. The highest BCUT2D eigenvalue weighted by Gasteiger charge is 2.29. The lowest BCUT2D eigenvalue weighted by molar-refractivity contribution is 0.0265. The molecule has 2 rings (SSSR count). The molecule has 0 aromatic carbocycles. The van der Waals surface area contributed by atoms with E-state index in [1.54, 1.807) is 6.07 Å². The lowest BCUT2D eigenvalue weighted by Crippen LogP contribution is -2.39. The zero-order valence-electron chi connectivity index (χ0n) is 10.1. The van der Waals surface area contributed by atoms with Gasteiger partial charge in [0.1, 0.15) is 4.21 Å². The van der Waals surface area contributed by atoms with Crippen molar-refractivity contribution in [3.63, 3.8) is 0 Å². The van der Waals surface area contributed by atoms with E-state index in [4.69, 9.17) is 16.3 Å². The fraction of sp³-hybridized carbons (Fsp3) is 0.636. The first-order valence-corrected chi connectivity index (χ1v) is 8.42. The van der Waals surface area contributed by atoms with E-state index in [9.17, 15) is 8.42 Å². The summed E-state index contributed by atoms with van der Waals surface area (Å²) in [6.45, 7) is 3.92. The molecule has 0 saturated carbocycles. The van der Waals surface area contributed by atoms with Gasteiger partial charge in [0, 0.05) is 19.8 Å². The van der Waals surface area contributed by atoms with Crippen LogP contribution >= 0.6 is 22.9 Å². The molecule has 1 N–H and O–H groups in total. The van der Waals surface area contributed by atoms with Gasteiger partial charge in [-0.1, -0.05) is 18.5 Å². The highest BCUT2D eigenvalue weighted by Crippen LogP contribution is 2.30. The largest absolute Gasteiger partial charge is 0.381 e. The van der Waals surface area contributed by atoms with E-state index < -0.39 is 10.0 Å². The van der Waals surface area contributed by atoms with Crippen LogP contribution in [0.2, 0.25) is 4.34 Å². The van der Waals surface area contributed by atoms with Crippen molar-refractivity contribution >= 4 is 33.0 Å². The molecule has 0 spiro atoms. The number of thiophene rings is 1. The lowest BCUT2D eigenvalue weighted by atomic mass is 9.83. The molecule has 1 aliphatic rings. The number of hydrogen-bond donors (Lipinski definition) is 1. The number of ether oxygens (including phenoxy) is 1. The SMILES string of the molecule is CC1(CNS(=O)(=O)c2ccc(Cl)s2)CCOCC1. The Morgan fingerprint density at radius 3 is 2.67 bits per heavy atom. The van der Waals surface area contributed by atoms with Crippen molar-refractivity contribution in [2.24, 2.45) is 5.41 Å². The minimum Gasteiger partial charge on any atom is -0.381 e. The molecule has 0 unspecified atom stereocenters. The van der Waals surface area contributed by atoms with Crippen LogP contribution in [0.25, 0.3) is 0 Å². The third-order valence-corrected chi connectivity index (χ3v) is 6.33.